The van der Waals surface area contributed by atoms with Crippen LogP contribution in [0.3, 0.4) is 0 Å². The lowest BCUT2D eigenvalue weighted by Crippen LogP contribution is -2.02. The van der Waals surface area contributed by atoms with Gasteiger partial charge in [0.25, 0.3) is 0 Å². The highest BCUT2D eigenvalue weighted by Crippen LogP contribution is 2.49. The number of carbonyl (C=O) groups excluding carboxylic acids is 2. The Kier molecular flexibility index (Phi) is 16.0. The van der Waals surface area contributed by atoms with E-state index in [-0.39, 0.29) is 0 Å². The van der Waals surface area contributed by atoms with E-state index in [0.29, 0.717) is 68.3 Å². The molecule has 0 aliphatic carbocycles. The summed E-state index contributed by atoms with van der Waals surface area (Å²) >= 11 is 26.4. The molecule has 0 saturated carbocycles. The first-order valence-corrected chi connectivity index (χ1v) is 26.5. The minimum Gasteiger partial charge on any atom is -0.494 e. The summed E-state index contributed by atoms with van der Waals surface area (Å²) in [5.74, 6) is 1.65. The van der Waals surface area contributed by atoms with Crippen LogP contribution >= 0.6 is 48.9 Å². The van der Waals surface area contributed by atoms with Crippen molar-refractivity contribution in [3.05, 3.63) is 151 Å². The molecule has 74 heavy (non-hydrogen) atoms. The Morgan fingerprint density at radius 3 is 1.16 bits per heavy atom. The van der Waals surface area contributed by atoms with Gasteiger partial charge in [-0.1, -0.05) is 98.4 Å². The molecule has 0 N–H and O–H groups in total. The Balaban J connectivity index is 1.17. The van der Waals surface area contributed by atoms with Crippen molar-refractivity contribution < 1.29 is 37.4 Å². The molecule has 4 heterocycles. The molecule has 378 valence electrons. The molecule has 0 fully saturated rings. The second-order valence-electron chi connectivity index (χ2n) is 18.6. The predicted octanol–water partition coefficient (Wildman–Crippen LogP) is 16.8. The molecule has 14 heteroatoms. The van der Waals surface area contributed by atoms with Crippen molar-refractivity contribution in [2.45, 2.75) is 79.1 Å². The highest BCUT2D eigenvalue weighted by Gasteiger charge is 2.29. The zero-order chi connectivity index (χ0) is 52.2. The minimum absolute atomic E-state index is 0.373. The summed E-state index contributed by atoms with van der Waals surface area (Å²) in [7, 11) is 0. The summed E-state index contributed by atoms with van der Waals surface area (Å²) in [5, 5.41) is 4.89. The van der Waals surface area contributed by atoms with E-state index in [2.05, 4.69) is 53.0 Å². The first-order valence-electron chi connectivity index (χ1n) is 24.9. The highest BCUT2D eigenvalue weighted by molar-refractivity contribution is 7.72. The summed E-state index contributed by atoms with van der Waals surface area (Å²) in [4.78, 5) is 22.8. The fourth-order valence-electron chi connectivity index (χ4n) is 9.78. The SMILES string of the molecule is C=CC(=O)OCCCCCCOc1ccc(-c2c3c(=S)n(-c4cc5c(C)cc(C)cc5o4)c(=S)c3c(-c3ccc(OCCCCCCOC(=O)C=C)cc3)c3c(=S)n(-c4cc5c(C)cc(C)cc5o4)c(=S)c23)cc1. The molecule has 10 nitrogen and oxygen atoms in total. The number of rotatable bonds is 22. The number of carbonyl (C=O) groups is 2. The zero-order valence-electron chi connectivity index (χ0n) is 41.9. The number of aryl methyl sites for hydroxylation is 4. The molecule has 9 rings (SSSR count). The van der Waals surface area contributed by atoms with Crippen LogP contribution in [0.1, 0.15) is 73.6 Å². The topological polar surface area (TPSA) is 107 Å². The van der Waals surface area contributed by atoms with E-state index in [1.54, 1.807) is 0 Å². The molecule has 0 aliphatic rings. The van der Waals surface area contributed by atoms with Crippen molar-refractivity contribution in [2.75, 3.05) is 26.4 Å². The summed E-state index contributed by atoms with van der Waals surface area (Å²) in [6.07, 6.45) is 9.28. The molecule has 9 aromatic rings. The standard InChI is InChI=1S/C60H56N2O8S4/c1-7-49(63)67-27-15-11-9-13-25-65-41-21-17-39(18-22-41)51-53-55(59(73)61(57(53)71)47-33-43-37(5)29-35(3)31-45(43)69-47)52(40-19-23-42(24-20-40)66-26-14-10-12-16-28-68-50(64)8-2)56-54(51)58(72)62(60(56)74)48-34-44-38(6)30-36(4)32-46(44)70-48/h7-8,17-24,29-34H,1-2,9-16,25-28H2,3-6H3. The third-order valence-electron chi connectivity index (χ3n) is 13.3. The Morgan fingerprint density at radius 2 is 0.824 bits per heavy atom. The number of furan rings is 2. The van der Waals surface area contributed by atoms with Crippen LogP contribution in [0.15, 0.2) is 119 Å². The lowest BCUT2D eigenvalue weighted by Gasteiger charge is -2.14. The lowest BCUT2D eigenvalue weighted by molar-refractivity contribution is -0.138. The maximum Gasteiger partial charge on any atom is 0.330 e. The van der Waals surface area contributed by atoms with E-state index in [1.165, 1.54) is 12.2 Å². The molecule has 0 amide bonds. The number of hydrogen-bond acceptors (Lipinski definition) is 12. The van der Waals surface area contributed by atoms with E-state index in [1.807, 2.05) is 81.9 Å². The number of ether oxygens (including phenoxy) is 4. The molecule has 4 aromatic heterocycles. The average molecular weight is 1060 g/mol. The van der Waals surface area contributed by atoms with Gasteiger partial charge in [0.2, 0.25) is 11.8 Å². The van der Waals surface area contributed by atoms with Gasteiger partial charge < -0.3 is 27.8 Å². The van der Waals surface area contributed by atoms with Gasteiger partial charge in [0, 0.05) is 67.7 Å². The maximum absolute atomic E-state index is 11.4. The van der Waals surface area contributed by atoms with Crippen LogP contribution in [-0.4, -0.2) is 47.5 Å². The van der Waals surface area contributed by atoms with Crippen molar-refractivity contribution in [3.63, 3.8) is 0 Å². The Morgan fingerprint density at radius 1 is 0.486 bits per heavy atom. The fraction of sp³-hybridized carbons (Fsp3) is 0.267. The largest absolute Gasteiger partial charge is 0.494 e. The number of hydrogen-bond donors (Lipinski definition) is 0. The molecule has 0 saturated heterocycles. The van der Waals surface area contributed by atoms with Crippen LogP contribution in [0.2, 0.25) is 0 Å². The second kappa shape index (κ2) is 22.7. The van der Waals surface area contributed by atoms with E-state index in [9.17, 15) is 9.59 Å². The zero-order valence-corrected chi connectivity index (χ0v) is 45.2. The summed E-state index contributed by atoms with van der Waals surface area (Å²) in [5.41, 5.74) is 9.08. The highest BCUT2D eigenvalue weighted by atomic mass is 32.1. The van der Waals surface area contributed by atoms with Crippen molar-refractivity contribution in [1.29, 1.82) is 0 Å². The molecule has 0 radical (unpaired) electrons. The van der Waals surface area contributed by atoms with E-state index in [4.69, 9.17) is 76.7 Å². The van der Waals surface area contributed by atoms with Crippen LogP contribution < -0.4 is 9.47 Å². The van der Waals surface area contributed by atoms with Crippen LogP contribution in [0, 0.1) is 46.3 Å². The Bertz CT molecular complexity index is 3520. The van der Waals surface area contributed by atoms with E-state index in [0.717, 1.165) is 139 Å². The maximum atomic E-state index is 11.4. The van der Waals surface area contributed by atoms with Crippen LogP contribution in [0.4, 0.5) is 0 Å². The fourth-order valence-corrected chi connectivity index (χ4v) is 11.4. The number of fused-ring (bicyclic) bond motifs is 4. The molecular weight excluding hydrogens is 1000 g/mol. The third-order valence-corrected chi connectivity index (χ3v) is 14.8. The van der Waals surface area contributed by atoms with Gasteiger partial charge in [-0.2, -0.15) is 0 Å². The molecule has 5 aromatic carbocycles. The molecule has 0 spiro atoms. The minimum atomic E-state index is -0.404. The van der Waals surface area contributed by atoms with E-state index >= 15 is 0 Å². The van der Waals surface area contributed by atoms with Crippen LogP contribution in [0.5, 0.6) is 11.5 Å². The number of unbranched alkanes of at least 4 members (excludes halogenated alkanes) is 6. The van der Waals surface area contributed by atoms with Crippen LogP contribution in [-0.2, 0) is 19.1 Å². The number of aromatic nitrogens is 2. The lowest BCUT2D eigenvalue weighted by atomic mass is 9.89. The van der Waals surface area contributed by atoms with Gasteiger partial charge in [-0.25, -0.2) is 9.59 Å². The summed E-state index contributed by atoms with van der Waals surface area (Å²) in [6.45, 7) is 16.9. The number of esters is 2. The van der Waals surface area contributed by atoms with Gasteiger partial charge in [0.05, 0.1) is 26.4 Å². The Hall–Kier alpha value is -6.84. The smallest absolute Gasteiger partial charge is 0.330 e. The first-order chi connectivity index (χ1) is 35.8. The van der Waals surface area contributed by atoms with Gasteiger partial charge in [0.1, 0.15) is 41.2 Å². The van der Waals surface area contributed by atoms with Gasteiger partial charge in [-0.15, -0.1) is 0 Å². The van der Waals surface area contributed by atoms with E-state index < -0.39 is 11.9 Å². The predicted molar refractivity (Wildman–Crippen MR) is 305 cm³/mol. The molecule has 0 aliphatic heterocycles. The second-order valence-corrected chi connectivity index (χ2v) is 20.2. The van der Waals surface area contributed by atoms with Gasteiger partial charge in [-0.3, -0.25) is 9.13 Å². The van der Waals surface area contributed by atoms with Crippen LogP contribution in [0.25, 0.3) is 77.5 Å². The molecule has 0 bridgehead atoms. The van der Waals surface area contributed by atoms with Gasteiger partial charge >= 0.3 is 11.9 Å². The Labute approximate surface area is 450 Å². The van der Waals surface area contributed by atoms with Crippen molar-refractivity contribution >= 4 is 104 Å². The number of benzene rings is 5. The molecular formula is C60H56N2O8S4. The third kappa shape index (κ3) is 10.6. The van der Waals surface area contributed by atoms with Gasteiger partial charge in [0.15, 0.2) is 0 Å². The molecule has 0 atom stereocenters. The first kappa shape index (κ1) is 52.0. The quantitative estimate of drug-likeness (QED) is 0.0279. The average Bonchev–Trinajstić information content (AvgIpc) is 4.13. The summed E-state index contributed by atoms with van der Waals surface area (Å²) < 4.78 is 41.6. The molecule has 0 unspecified atom stereocenters. The van der Waals surface area contributed by atoms with Gasteiger partial charge in [-0.05, 0) is 149 Å². The normalized spacial score (nSPS) is 11.5. The monoisotopic (exact) mass is 1060 g/mol. The van der Waals surface area contributed by atoms with Crippen molar-refractivity contribution in [3.8, 4) is 45.5 Å². The van der Waals surface area contributed by atoms with Crippen molar-refractivity contribution in [2.24, 2.45) is 0 Å². The summed E-state index contributed by atoms with van der Waals surface area (Å²) in [6, 6.07) is 28.3. The number of nitrogens with zero attached hydrogens (tertiary/aromatic N) is 2. The van der Waals surface area contributed by atoms with Crippen molar-refractivity contribution in [1.82, 2.24) is 9.13 Å².